The molecule has 0 unspecified atom stereocenters. The van der Waals surface area contributed by atoms with Crippen LogP contribution in [0.3, 0.4) is 0 Å². The Labute approximate surface area is 102 Å². The normalized spacial score (nSPS) is 12.3. The van der Waals surface area contributed by atoms with Crippen molar-refractivity contribution >= 4 is 11.9 Å². The molecule has 0 aliphatic rings. The van der Waals surface area contributed by atoms with Crippen LogP contribution in [0.2, 0.25) is 0 Å². The van der Waals surface area contributed by atoms with Gasteiger partial charge < -0.3 is 10.2 Å². The van der Waals surface area contributed by atoms with Gasteiger partial charge in [0.2, 0.25) is 0 Å². The summed E-state index contributed by atoms with van der Waals surface area (Å²) >= 11 is 0. The Bertz CT molecular complexity index is 529. The van der Waals surface area contributed by atoms with Crippen LogP contribution in [-0.2, 0) is 15.5 Å². The average Bonchev–Trinajstić information content (AvgIpc) is 2.30. The van der Waals surface area contributed by atoms with E-state index in [4.69, 9.17) is 10.2 Å². The van der Waals surface area contributed by atoms with Crippen molar-refractivity contribution in [3.8, 4) is 0 Å². The first-order valence-corrected chi connectivity index (χ1v) is 4.54. The molecule has 0 bridgehead atoms. The van der Waals surface area contributed by atoms with Gasteiger partial charge in [-0.25, -0.2) is 22.8 Å². The van der Waals surface area contributed by atoms with Crippen LogP contribution in [0.1, 0.15) is 5.56 Å². The molecule has 0 atom stereocenters. The monoisotopic (exact) mass is 284 g/mol. The third-order valence-corrected chi connectivity index (χ3v) is 2.31. The molecular formula is C10H5F5O4. The predicted octanol–water partition coefficient (Wildman–Crippen LogP) is 1.93. The van der Waals surface area contributed by atoms with Gasteiger partial charge in [0.1, 0.15) is 0 Å². The molecule has 0 aliphatic heterocycles. The number of carboxylic acid groups (broad SMARTS) is 2. The number of halogens is 5. The first-order valence-electron chi connectivity index (χ1n) is 4.54. The van der Waals surface area contributed by atoms with Crippen molar-refractivity contribution in [2.45, 2.75) is 11.6 Å². The molecule has 1 aromatic rings. The van der Waals surface area contributed by atoms with Gasteiger partial charge in [-0.05, 0) is 12.1 Å². The molecule has 1 rings (SSSR count). The Hall–Kier alpha value is -2.19. The van der Waals surface area contributed by atoms with E-state index >= 15 is 0 Å². The molecular weight excluding hydrogens is 279 g/mol. The third kappa shape index (κ3) is 2.00. The van der Waals surface area contributed by atoms with Crippen molar-refractivity contribution in [3.63, 3.8) is 0 Å². The lowest BCUT2D eigenvalue weighted by molar-refractivity contribution is -0.202. The maximum atomic E-state index is 13.6. The number of carboxylic acids is 2. The van der Waals surface area contributed by atoms with Crippen molar-refractivity contribution in [2.24, 2.45) is 0 Å². The van der Waals surface area contributed by atoms with Crippen LogP contribution in [0.4, 0.5) is 22.0 Å². The molecule has 4 nitrogen and oxygen atoms in total. The van der Waals surface area contributed by atoms with Gasteiger partial charge in [-0.15, -0.1) is 0 Å². The van der Waals surface area contributed by atoms with E-state index in [1.807, 2.05) is 0 Å². The highest BCUT2D eigenvalue weighted by Crippen LogP contribution is 2.43. The van der Waals surface area contributed by atoms with Crippen LogP contribution in [0, 0.1) is 11.6 Å². The predicted molar refractivity (Wildman–Crippen MR) is 49.4 cm³/mol. The molecule has 0 heterocycles. The van der Waals surface area contributed by atoms with E-state index in [9.17, 15) is 31.5 Å². The third-order valence-electron chi connectivity index (χ3n) is 2.31. The van der Waals surface area contributed by atoms with Crippen LogP contribution in [0.15, 0.2) is 18.2 Å². The largest absolute Gasteiger partial charge is 0.478 e. The van der Waals surface area contributed by atoms with Gasteiger partial charge in [-0.3, -0.25) is 0 Å². The van der Waals surface area contributed by atoms with E-state index < -0.39 is 40.7 Å². The first kappa shape index (κ1) is 14.9. The lowest BCUT2D eigenvalue weighted by atomic mass is 9.91. The highest BCUT2D eigenvalue weighted by atomic mass is 19.3. The van der Waals surface area contributed by atoms with Crippen molar-refractivity contribution in [3.05, 3.63) is 35.4 Å². The molecule has 0 aliphatic carbocycles. The molecule has 0 radical (unpaired) electrons. The Kier molecular flexibility index (Phi) is 3.51. The highest BCUT2D eigenvalue weighted by molar-refractivity contribution is 6.03. The Morgan fingerprint density at radius 2 is 1.47 bits per heavy atom. The molecule has 1 aromatic carbocycles. The number of carbonyl (C=O) groups is 2. The van der Waals surface area contributed by atoms with Crippen molar-refractivity contribution in [2.75, 3.05) is 0 Å². The van der Waals surface area contributed by atoms with E-state index in [1.54, 1.807) is 0 Å². The van der Waals surface area contributed by atoms with Crippen LogP contribution >= 0.6 is 0 Å². The van der Waals surface area contributed by atoms with Gasteiger partial charge in [0.25, 0.3) is 0 Å². The minimum Gasteiger partial charge on any atom is -0.478 e. The molecule has 104 valence electrons. The summed E-state index contributed by atoms with van der Waals surface area (Å²) in [6, 6.07) is 1.18. The fraction of sp³-hybridized carbons (Fsp3) is 0.200. The van der Waals surface area contributed by atoms with E-state index in [2.05, 4.69) is 0 Å². The van der Waals surface area contributed by atoms with E-state index in [-0.39, 0.29) is 6.07 Å². The summed E-state index contributed by atoms with van der Waals surface area (Å²) in [5, 5.41) is 16.6. The molecule has 0 aromatic heterocycles. The zero-order valence-corrected chi connectivity index (χ0v) is 8.83. The van der Waals surface area contributed by atoms with Gasteiger partial charge in [-0.2, -0.15) is 8.78 Å². The smallest absolute Gasteiger partial charge is 0.368 e. The summed E-state index contributed by atoms with van der Waals surface area (Å²) in [5.41, 5.74) is -7.12. The van der Waals surface area contributed by atoms with Crippen molar-refractivity contribution in [1.82, 2.24) is 0 Å². The van der Waals surface area contributed by atoms with E-state index in [0.717, 1.165) is 0 Å². The summed E-state index contributed by atoms with van der Waals surface area (Å²) in [6.07, 6.45) is 0. The van der Waals surface area contributed by atoms with Crippen LogP contribution in [0.5, 0.6) is 0 Å². The molecule has 0 saturated carbocycles. The topological polar surface area (TPSA) is 74.6 Å². The minimum absolute atomic E-state index is 0.193. The maximum absolute atomic E-state index is 13.6. The summed E-state index contributed by atoms with van der Waals surface area (Å²) in [7, 11) is 0. The van der Waals surface area contributed by atoms with Crippen LogP contribution in [0.25, 0.3) is 0 Å². The van der Waals surface area contributed by atoms with Crippen molar-refractivity contribution in [1.29, 1.82) is 0 Å². The van der Waals surface area contributed by atoms with E-state index in [0.29, 0.717) is 12.1 Å². The summed E-state index contributed by atoms with van der Waals surface area (Å²) in [4.78, 5) is 20.9. The number of hydrogen-bond donors (Lipinski definition) is 2. The first-order chi connectivity index (χ1) is 8.56. The second kappa shape index (κ2) is 4.48. The van der Waals surface area contributed by atoms with Gasteiger partial charge in [0.15, 0.2) is 11.6 Å². The fourth-order valence-corrected chi connectivity index (χ4v) is 1.29. The quantitative estimate of drug-likeness (QED) is 0.654. The second-order valence-electron chi connectivity index (χ2n) is 3.44. The number of aliphatic carboxylic acids is 2. The highest BCUT2D eigenvalue weighted by Gasteiger charge is 2.69. The van der Waals surface area contributed by atoms with Gasteiger partial charge in [-0.1, -0.05) is 6.07 Å². The van der Waals surface area contributed by atoms with Crippen LogP contribution in [-0.4, -0.2) is 27.8 Å². The number of hydrogen-bond acceptors (Lipinski definition) is 2. The Morgan fingerprint density at radius 1 is 1.00 bits per heavy atom. The number of rotatable bonds is 4. The van der Waals surface area contributed by atoms with Crippen molar-refractivity contribution < 1.29 is 41.8 Å². The standard InChI is InChI=1S/C10H5F5O4/c11-5-3-1-2-4(6(5)12)10(14,15)9(13,7(16)17)8(18)19/h1-3H,(H,16,17)(H,18,19). The zero-order chi connectivity index (χ0) is 15.0. The maximum Gasteiger partial charge on any atom is 0.368 e. The molecule has 2 N–H and O–H groups in total. The molecule has 0 saturated heterocycles. The average molecular weight is 284 g/mol. The molecule has 19 heavy (non-hydrogen) atoms. The number of benzene rings is 1. The van der Waals surface area contributed by atoms with Crippen LogP contribution < -0.4 is 0 Å². The van der Waals surface area contributed by atoms with E-state index in [1.165, 1.54) is 0 Å². The lowest BCUT2D eigenvalue weighted by Crippen LogP contribution is -2.55. The lowest BCUT2D eigenvalue weighted by Gasteiger charge is -2.26. The summed E-state index contributed by atoms with van der Waals surface area (Å²) < 4.78 is 66.7. The van der Waals surface area contributed by atoms with Gasteiger partial charge in [0.05, 0.1) is 5.56 Å². The van der Waals surface area contributed by atoms with Gasteiger partial charge >= 0.3 is 23.5 Å². The summed E-state index contributed by atoms with van der Waals surface area (Å²) in [5.74, 6) is -15.4. The van der Waals surface area contributed by atoms with Gasteiger partial charge in [0, 0.05) is 0 Å². The molecule has 0 amide bonds. The fourth-order valence-electron chi connectivity index (χ4n) is 1.29. The SMILES string of the molecule is O=C(O)C(F)(C(=O)O)C(F)(F)c1cccc(F)c1F. The minimum atomic E-state index is -5.31. The zero-order valence-electron chi connectivity index (χ0n) is 8.83. The second-order valence-corrected chi connectivity index (χ2v) is 3.44. The molecule has 0 fully saturated rings. The Morgan fingerprint density at radius 3 is 1.89 bits per heavy atom. The summed E-state index contributed by atoms with van der Waals surface area (Å²) in [6.45, 7) is 0. The molecule has 9 heteroatoms. The number of alkyl halides is 3. The Balaban J connectivity index is 3.57. The molecule has 0 spiro atoms.